The normalized spacial score (nSPS) is 19.8. The SMILES string of the molecule is CCCCCCCCN(CCC)CC1CCCN1. The maximum atomic E-state index is 3.62. The summed E-state index contributed by atoms with van der Waals surface area (Å²) >= 11 is 0. The monoisotopic (exact) mass is 254 g/mol. The zero-order valence-electron chi connectivity index (χ0n) is 12.7. The molecule has 1 heterocycles. The molecule has 1 rings (SSSR count). The summed E-state index contributed by atoms with van der Waals surface area (Å²) in [5.74, 6) is 0. The predicted molar refractivity (Wildman–Crippen MR) is 81.1 cm³/mol. The van der Waals surface area contributed by atoms with E-state index < -0.39 is 0 Å². The highest BCUT2D eigenvalue weighted by atomic mass is 15.1. The lowest BCUT2D eigenvalue weighted by Gasteiger charge is -2.25. The van der Waals surface area contributed by atoms with Crippen molar-refractivity contribution in [1.29, 1.82) is 0 Å². The van der Waals surface area contributed by atoms with Crippen molar-refractivity contribution in [1.82, 2.24) is 10.2 Å². The summed E-state index contributed by atoms with van der Waals surface area (Å²) in [6.45, 7) is 9.71. The standard InChI is InChI=1S/C16H34N2/c1-3-5-6-7-8-9-14-18(13-4-2)15-16-11-10-12-17-16/h16-17H,3-15H2,1-2H3. The molecule has 0 saturated carbocycles. The molecule has 0 bridgehead atoms. The van der Waals surface area contributed by atoms with Gasteiger partial charge < -0.3 is 10.2 Å². The Hall–Kier alpha value is -0.0800. The van der Waals surface area contributed by atoms with Crippen LogP contribution in [0.3, 0.4) is 0 Å². The third-order valence-electron chi connectivity index (χ3n) is 4.01. The molecular formula is C16H34N2. The van der Waals surface area contributed by atoms with Crippen LogP contribution in [-0.4, -0.2) is 37.1 Å². The minimum atomic E-state index is 0.775. The van der Waals surface area contributed by atoms with Gasteiger partial charge in [0.05, 0.1) is 0 Å². The summed E-state index contributed by atoms with van der Waals surface area (Å²) < 4.78 is 0. The molecule has 1 aliphatic rings. The van der Waals surface area contributed by atoms with Crippen molar-refractivity contribution in [3.63, 3.8) is 0 Å². The Morgan fingerprint density at radius 3 is 2.39 bits per heavy atom. The molecule has 0 aromatic carbocycles. The first-order valence-corrected chi connectivity index (χ1v) is 8.32. The van der Waals surface area contributed by atoms with Crippen molar-refractivity contribution >= 4 is 0 Å². The van der Waals surface area contributed by atoms with Gasteiger partial charge in [0.1, 0.15) is 0 Å². The van der Waals surface area contributed by atoms with E-state index in [-0.39, 0.29) is 0 Å². The minimum Gasteiger partial charge on any atom is -0.313 e. The molecule has 0 spiro atoms. The zero-order valence-corrected chi connectivity index (χ0v) is 12.7. The third-order valence-corrected chi connectivity index (χ3v) is 4.01. The molecule has 2 nitrogen and oxygen atoms in total. The highest BCUT2D eigenvalue weighted by Gasteiger charge is 2.16. The van der Waals surface area contributed by atoms with E-state index in [1.54, 1.807) is 0 Å². The van der Waals surface area contributed by atoms with E-state index in [0.717, 1.165) is 6.04 Å². The van der Waals surface area contributed by atoms with E-state index in [9.17, 15) is 0 Å². The van der Waals surface area contributed by atoms with Crippen LogP contribution in [0.5, 0.6) is 0 Å². The molecule has 18 heavy (non-hydrogen) atoms. The molecule has 1 N–H and O–H groups in total. The van der Waals surface area contributed by atoms with Gasteiger partial charge in [0.2, 0.25) is 0 Å². The van der Waals surface area contributed by atoms with Crippen LogP contribution >= 0.6 is 0 Å². The Labute approximate surface area is 115 Å². The lowest BCUT2D eigenvalue weighted by Crippen LogP contribution is -2.38. The fourth-order valence-corrected chi connectivity index (χ4v) is 2.95. The molecule has 0 aliphatic carbocycles. The van der Waals surface area contributed by atoms with Gasteiger partial charge in [-0.1, -0.05) is 46.0 Å². The van der Waals surface area contributed by atoms with E-state index in [1.165, 1.54) is 84.0 Å². The van der Waals surface area contributed by atoms with E-state index in [2.05, 4.69) is 24.1 Å². The van der Waals surface area contributed by atoms with E-state index in [1.807, 2.05) is 0 Å². The van der Waals surface area contributed by atoms with E-state index in [4.69, 9.17) is 0 Å². The average Bonchev–Trinajstić information content (AvgIpc) is 2.86. The predicted octanol–water partition coefficient (Wildman–Crippen LogP) is 3.81. The fraction of sp³-hybridized carbons (Fsp3) is 1.00. The van der Waals surface area contributed by atoms with Gasteiger partial charge >= 0.3 is 0 Å². The Balaban J connectivity index is 2.05. The van der Waals surface area contributed by atoms with E-state index >= 15 is 0 Å². The largest absolute Gasteiger partial charge is 0.313 e. The molecule has 1 unspecified atom stereocenters. The Bertz CT molecular complexity index is 176. The van der Waals surface area contributed by atoms with E-state index in [0.29, 0.717) is 0 Å². The summed E-state index contributed by atoms with van der Waals surface area (Å²) in [5, 5.41) is 3.62. The Morgan fingerprint density at radius 2 is 1.72 bits per heavy atom. The summed E-state index contributed by atoms with van der Waals surface area (Å²) in [7, 11) is 0. The van der Waals surface area contributed by atoms with Gasteiger partial charge in [0.15, 0.2) is 0 Å². The van der Waals surface area contributed by atoms with Crippen LogP contribution in [0.25, 0.3) is 0 Å². The van der Waals surface area contributed by atoms with Crippen molar-refractivity contribution in [2.45, 2.75) is 77.7 Å². The van der Waals surface area contributed by atoms with Gasteiger partial charge in [0, 0.05) is 12.6 Å². The number of hydrogen-bond donors (Lipinski definition) is 1. The Kier molecular flexibility index (Phi) is 9.59. The van der Waals surface area contributed by atoms with Crippen molar-refractivity contribution in [3.05, 3.63) is 0 Å². The van der Waals surface area contributed by atoms with Gasteiger partial charge in [-0.2, -0.15) is 0 Å². The summed E-state index contributed by atoms with van der Waals surface area (Å²) in [6.07, 6.45) is 12.5. The fourth-order valence-electron chi connectivity index (χ4n) is 2.95. The van der Waals surface area contributed by atoms with Crippen LogP contribution in [0.2, 0.25) is 0 Å². The quantitative estimate of drug-likeness (QED) is 0.564. The third kappa shape index (κ3) is 7.38. The average molecular weight is 254 g/mol. The first-order chi connectivity index (χ1) is 8.86. The molecule has 1 atom stereocenters. The summed E-state index contributed by atoms with van der Waals surface area (Å²) in [5.41, 5.74) is 0. The smallest absolute Gasteiger partial charge is 0.0195 e. The van der Waals surface area contributed by atoms with Crippen LogP contribution in [0.1, 0.15) is 71.6 Å². The topological polar surface area (TPSA) is 15.3 Å². The maximum absolute atomic E-state index is 3.62. The highest BCUT2D eigenvalue weighted by Crippen LogP contribution is 2.10. The van der Waals surface area contributed by atoms with Crippen molar-refractivity contribution in [2.24, 2.45) is 0 Å². The first-order valence-electron chi connectivity index (χ1n) is 8.32. The molecule has 0 amide bonds. The molecule has 0 aromatic heterocycles. The minimum absolute atomic E-state index is 0.775. The molecule has 1 fully saturated rings. The van der Waals surface area contributed by atoms with Crippen LogP contribution in [0.15, 0.2) is 0 Å². The van der Waals surface area contributed by atoms with Crippen molar-refractivity contribution in [2.75, 3.05) is 26.2 Å². The molecule has 1 aliphatic heterocycles. The van der Waals surface area contributed by atoms with Gasteiger partial charge in [-0.25, -0.2) is 0 Å². The number of nitrogens with zero attached hydrogens (tertiary/aromatic N) is 1. The highest BCUT2D eigenvalue weighted by molar-refractivity contribution is 4.77. The zero-order chi connectivity index (χ0) is 13.1. The van der Waals surface area contributed by atoms with Crippen molar-refractivity contribution < 1.29 is 0 Å². The second-order valence-electron chi connectivity index (χ2n) is 5.86. The van der Waals surface area contributed by atoms with Crippen LogP contribution < -0.4 is 5.32 Å². The lowest BCUT2D eigenvalue weighted by atomic mass is 10.1. The number of nitrogens with one attached hydrogen (secondary N) is 1. The second-order valence-corrected chi connectivity index (χ2v) is 5.86. The molecule has 108 valence electrons. The van der Waals surface area contributed by atoms with Crippen molar-refractivity contribution in [3.8, 4) is 0 Å². The number of unbranched alkanes of at least 4 members (excludes halogenated alkanes) is 5. The summed E-state index contributed by atoms with van der Waals surface area (Å²) in [4.78, 5) is 2.68. The molecule has 2 heteroatoms. The number of hydrogen-bond acceptors (Lipinski definition) is 2. The number of rotatable bonds is 11. The van der Waals surface area contributed by atoms with Gasteiger partial charge in [0.25, 0.3) is 0 Å². The summed E-state index contributed by atoms with van der Waals surface area (Å²) in [6, 6.07) is 0.775. The van der Waals surface area contributed by atoms with Crippen LogP contribution in [0.4, 0.5) is 0 Å². The van der Waals surface area contributed by atoms with Crippen LogP contribution in [0, 0.1) is 0 Å². The maximum Gasteiger partial charge on any atom is 0.0195 e. The Morgan fingerprint density at radius 1 is 0.944 bits per heavy atom. The molecular weight excluding hydrogens is 220 g/mol. The molecule has 1 saturated heterocycles. The molecule has 0 radical (unpaired) electrons. The first kappa shape index (κ1) is 16.0. The van der Waals surface area contributed by atoms with Gasteiger partial charge in [-0.05, 0) is 45.3 Å². The lowest BCUT2D eigenvalue weighted by molar-refractivity contribution is 0.244. The molecule has 0 aromatic rings. The van der Waals surface area contributed by atoms with Crippen LogP contribution in [-0.2, 0) is 0 Å². The second kappa shape index (κ2) is 10.8. The van der Waals surface area contributed by atoms with Gasteiger partial charge in [-0.3, -0.25) is 0 Å². The van der Waals surface area contributed by atoms with Gasteiger partial charge in [-0.15, -0.1) is 0 Å².